The van der Waals surface area contributed by atoms with Gasteiger partial charge in [0.25, 0.3) is 0 Å². The van der Waals surface area contributed by atoms with Crippen molar-refractivity contribution < 1.29 is 4.42 Å². The van der Waals surface area contributed by atoms with Crippen molar-refractivity contribution in [1.82, 2.24) is 4.98 Å². The highest BCUT2D eigenvalue weighted by atomic mass is 16.3. The van der Waals surface area contributed by atoms with E-state index < -0.39 is 0 Å². The average molecular weight is 202 g/mol. The van der Waals surface area contributed by atoms with E-state index in [1.54, 1.807) is 0 Å². The molecule has 1 aromatic carbocycles. The Bertz CT molecular complexity index is 541. The molecule has 0 unspecified atom stereocenters. The molecule has 0 N–H and O–H groups in total. The van der Waals surface area contributed by atoms with Gasteiger partial charge in [0.1, 0.15) is 0 Å². The fourth-order valence-electron chi connectivity index (χ4n) is 1.47. The van der Waals surface area contributed by atoms with Gasteiger partial charge in [-0.25, -0.2) is 9.98 Å². The van der Waals surface area contributed by atoms with Crippen molar-refractivity contribution >= 4 is 10.9 Å². The van der Waals surface area contributed by atoms with Crippen LogP contribution < -0.4 is 5.55 Å². The van der Waals surface area contributed by atoms with E-state index in [-0.39, 0.29) is 6.04 Å². The van der Waals surface area contributed by atoms with Crippen LogP contribution in [-0.4, -0.2) is 11.0 Å². The number of nitrogens with zero attached hydrogens (tertiary/aromatic N) is 2. The van der Waals surface area contributed by atoms with Gasteiger partial charge in [0.15, 0.2) is 5.89 Å². The number of aryl methyl sites for hydroxylation is 1. The number of hydrogen-bond donors (Lipinski definition) is 0. The molecule has 0 saturated carbocycles. The van der Waals surface area contributed by atoms with Crippen LogP contribution in [0.4, 0.5) is 0 Å². The lowest BCUT2D eigenvalue weighted by Crippen LogP contribution is -2.09. The molecular formula is C12H14N2O. The van der Waals surface area contributed by atoms with E-state index in [1.165, 1.54) is 0 Å². The summed E-state index contributed by atoms with van der Waals surface area (Å²) in [7, 11) is 0. The molecule has 0 atom stereocenters. The summed E-state index contributed by atoms with van der Waals surface area (Å²) in [4.78, 5) is 8.76. The average Bonchev–Trinajstić information content (AvgIpc) is 2.16. The summed E-state index contributed by atoms with van der Waals surface area (Å²) in [6, 6.07) is 8.10. The van der Waals surface area contributed by atoms with E-state index in [9.17, 15) is 0 Å². The molecule has 1 heterocycles. The van der Waals surface area contributed by atoms with Gasteiger partial charge in [-0.15, -0.1) is 0 Å². The topological polar surface area (TPSA) is 38.4 Å². The molecular weight excluding hydrogens is 188 g/mol. The highest BCUT2D eigenvalue weighted by Crippen LogP contribution is 2.07. The summed E-state index contributed by atoms with van der Waals surface area (Å²) < 4.78 is 5.52. The number of aromatic nitrogens is 1. The predicted molar refractivity (Wildman–Crippen MR) is 59.4 cm³/mol. The third-order valence-corrected chi connectivity index (χ3v) is 2.03. The van der Waals surface area contributed by atoms with Gasteiger partial charge in [-0.3, -0.25) is 0 Å². The molecule has 0 amide bonds. The van der Waals surface area contributed by atoms with Crippen LogP contribution in [0.2, 0.25) is 0 Å². The summed E-state index contributed by atoms with van der Waals surface area (Å²) in [5, 5.41) is 0.969. The number of benzene rings is 1. The molecule has 3 nitrogen and oxygen atoms in total. The van der Waals surface area contributed by atoms with Gasteiger partial charge >= 0.3 is 0 Å². The number of rotatable bonds is 1. The molecule has 1 aromatic heterocycles. The number of fused-ring (bicyclic) bond motifs is 1. The molecule has 78 valence electrons. The minimum absolute atomic E-state index is 0.221. The maximum atomic E-state index is 5.52. The first-order chi connectivity index (χ1) is 7.16. The second-order valence-corrected chi connectivity index (χ2v) is 3.78. The summed E-state index contributed by atoms with van der Waals surface area (Å²) in [6.45, 7) is 5.89. The largest absolute Gasteiger partial charge is 0.425 e. The van der Waals surface area contributed by atoms with E-state index in [0.717, 1.165) is 10.9 Å². The molecule has 0 fully saturated rings. The zero-order valence-electron chi connectivity index (χ0n) is 9.19. The second kappa shape index (κ2) is 3.85. The molecule has 0 aliphatic rings. The Labute approximate surface area is 88.5 Å². The third kappa shape index (κ3) is 2.06. The van der Waals surface area contributed by atoms with Gasteiger partial charge in [-0.1, -0.05) is 12.1 Å². The maximum absolute atomic E-state index is 5.52. The van der Waals surface area contributed by atoms with E-state index in [0.29, 0.717) is 11.4 Å². The summed E-state index contributed by atoms with van der Waals surface area (Å²) >= 11 is 0. The first-order valence-corrected chi connectivity index (χ1v) is 5.07. The fourth-order valence-corrected chi connectivity index (χ4v) is 1.47. The summed E-state index contributed by atoms with van der Waals surface area (Å²) in [5.41, 5.74) is 1.61. The van der Waals surface area contributed by atoms with E-state index in [1.807, 2.05) is 45.0 Å². The fraction of sp³-hybridized carbons (Fsp3) is 0.333. The molecule has 3 heteroatoms. The van der Waals surface area contributed by atoms with Crippen LogP contribution in [0.1, 0.15) is 19.7 Å². The molecule has 0 spiro atoms. The van der Waals surface area contributed by atoms with Gasteiger partial charge in [0.05, 0.1) is 10.9 Å². The van der Waals surface area contributed by atoms with E-state index >= 15 is 0 Å². The normalized spacial score (nSPS) is 12.7. The molecule has 2 rings (SSSR count). The van der Waals surface area contributed by atoms with Crippen molar-refractivity contribution in [3.8, 4) is 0 Å². The van der Waals surface area contributed by atoms with Gasteiger partial charge in [0, 0.05) is 13.0 Å². The van der Waals surface area contributed by atoms with E-state index in [2.05, 4.69) is 9.98 Å². The first kappa shape index (κ1) is 9.90. The quantitative estimate of drug-likeness (QED) is 0.712. The molecule has 0 aliphatic carbocycles. The van der Waals surface area contributed by atoms with Crippen molar-refractivity contribution in [2.75, 3.05) is 0 Å². The molecule has 15 heavy (non-hydrogen) atoms. The lowest BCUT2D eigenvalue weighted by atomic mass is 10.2. The van der Waals surface area contributed by atoms with Gasteiger partial charge < -0.3 is 4.42 Å². The smallest absolute Gasteiger partial charge is 0.226 e. The standard InChI is InChI=1S/C12H14N2O/c1-8(2)13-12-10-6-4-5-7-11(10)14-9(3)15-12/h4-8H,1-3H3. The lowest BCUT2D eigenvalue weighted by Gasteiger charge is -2.00. The Morgan fingerprint density at radius 2 is 2.00 bits per heavy atom. The van der Waals surface area contributed by atoms with Crippen LogP contribution in [0.5, 0.6) is 0 Å². The predicted octanol–water partition coefficient (Wildman–Crippen LogP) is 2.45. The molecule has 0 saturated heterocycles. The maximum Gasteiger partial charge on any atom is 0.226 e. The summed E-state index contributed by atoms with van der Waals surface area (Å²) in [6.07, 6.45) is 0. The Hall–Kier alpha value is -1.64. The molecule has 0 aliphatic heterocycles. The van der Waals surface area contributed by atoms with Crippen LogP contribution in [0.3, 0.4) is 0 Å². The van der Waals surface area contributed by atoms with Crippen LogP contribution in [0.15, 0.2) is 33.7 Å². The van der Waals surface area contributed by atoms with Crippen LogP contribution in [0, 0.1) is 6.92 Å². The van der Waals surface area contributed by atoms with Gasteiger partial charge in [0.2, 0.25) is 5.55 Å². The van der Waals surface area contributed by atoms with Crippen LogP contribution in [-0.2, 0) is 0 Å². The summed E-state index contributed by atoms with van der Waals surface area (Å²) in [5.74, 6) is 0.646. The van der Waals surface area contributed by atoms with Crippen molar-refractivity contribution in [2.45, 2.75) is 26.8 Å². The minimum atomic E-state index is 0.221. The molecule has 2 aromatic rings. The molecule has 0 bridgehead atoms. The number of hydrogen-bond acceptors (Lipinski definition) is 3. The molecule has 0 radical (unpaired) electrons. The van der Waals surface area contributed by atoms with Gasteiger partial charge in [-0.05, 0) is 26.0 Å². The lowest BCUT2D eigenvalue weighted by molar-refractivity contribution is 0.444. The van der Waals surface area contributed by atoms with Crippen LogP contribution >= 0.6 is 0 Å². The zero-order chi connectivity index (χ0) is 10.8. The van der Waals surface area contributed by atoms with Gasteiger partial charge in [-0.2, -0.15) is 0 Å². The first-order valence-electron chi connectivity index (χ1n) is 5.07. The Balaban J connectivity index is 2.83. The second-order valence-electron chi connectivity index (χ2n) is 3.78. The SMILES string of the molecule is Cc1nc2ccccc2c(=NC(C)C)o1. The van der Waals surface area contributed by atoms with Crippen molar-refractivity contribution in [1.29, 1.82) is 0 Å². The highest BCUT2D eigenvalue weighted by Gasteiger charge is 2.01. The van der Waals surface area contributed by atoms with Crippen molar-refractivity contribution in [3.63, 3.8) is 0 Å². The number of para-hydroxylation sites is 1. The van der Waals surface area contributed by atoms with E-state index in [4.69, 9.17) is 4.42 Å². The van der Waals surface area contributed by atoms with Crippen molar-refractivity contribution in [3.05, 3.63) is 35.7 Å². The minimum Gasteiger partial charge on any atom is -0.425 e. The Morgan fingerprint density at radius 1 is 1.27 bits per heavy atom. The third-order valence-electron chi connectivity index (χ3n) is 2.03. The zero-order valence-corrected chi connectivity index (χ0v) is 9.19. The highest BCUT2D eigenvalue weighted by molar-refractivity contribution is 5.76. The Kier molecular flexibility index (Phi) is 2.54. The van der Waals surface area contributed by atoms with Crippen LogP contribution in [0.25, 0.3) is 10.9 Å². The van der Waals surface area contributed by atoms with Crippen molar-refractivity contribution in [2.24, 2.45) is 4.99 Å². The monoisotopic (exact) mass is 202 g/mol. The Morgan fingerprint density at radius 3 is 2.73 bits per heavy atom.